The monoisotopic (exact) mass is 348 g/mol. The molecule has 1 aliphatic rings. The van der Waals surface area contributed by atoms with E-state index in [1.165, 1.54) is 16.7 Å². The van der Waals surface area contributed by atoms with Crippen LogP contribution in [0.2, 0.25) is 0 Å². The number of furan rings is 1. The number of aliphatic hydroxyl groups is 1. The molecule has 3 heterocycles. The van der Waals surface area contributed by atoms with Gasteiger partial charge < -0.3 is 19.7 Å². The molecule has 0 saturated carbocycles. The lowest BCUT2D eigenvalue weighted by Crippen LogP contribution is -2.36. The maximum absolute atomic E-state index is 12.2. The lowest BCUT2D eigenvalue weighted by atomic mass is 10.1. The van der Waals surface area contributed by atoms with Crippen LogP contribution in [0.25, 0.3) is 0 Å². The topological polar surface area (TPSA) is 82.8 Å². The summed E-state index contributed by atoms with van der Waals surface area (Å²) in [5.41, 5.74) is 1.21. The van der Waals surface area contributed by atoms with Crippen molar-refractivity contribution >= 4 is 23.2 Å². The van der Waals surface area contributed by atoms with Crippen LogP contribution in [0.5, 0.6) is 0 Å². The van der Waals surface area contributed by atoms with Crippen LogP contribution in [0.3, 0.4) is 0 Å². The third-order valence-corrected chi connectivity index (χ3v) is 5.11. The molecule has 2 amide bonds. The van der Waals surface area contributed by atoms with Crippen LogP contribution in [0.4, 0.5) is 0 Å². The van der Waals surface area contributed by atoms with Crippen LogP contribution < -0.4 is 5.32 Å². The molecule has 7 heteroatoms. The minimum atomic E-state index is -0.876. The second-order valence-electron chi connectivity index (χ2n) is 5.77. The van der Waals surface area contributed by atoms with E-state index in [4.69, 9.17) is 4.42 Å². The van der Waals surface area contributed by atoms with Gasteiger partial charge in [0.15, 0.2) is 0 Å². The highest BCUT2D eigenvalue weighted by molar-refractivity contribution is 7.10. The predicted octanol–water partition coefficient (Wildman–Crippen LogP) is 1.86. The first-order valence-electron chi connectivity index (χ1n) is 7.94. The Balaban J connectivity index is 1.39. The van der Waals surface area contributed by atoms with Crippen LogP contribution in [0, 0.1) is 0 Å². The number of carbonyl (C=O) groups excluding carboxylic acids is 2. The van der Waals surface area contributed by atoms with Crippen LogP contribution in [-0.4, -0.2) is 34.9 Å². The van der Waals surface area contributed by atoms with E-state index < -0.39 is 6.10 Å². The van der Waals surface area contributed by atoms with Gasteiger partial charge in [-0.1, -0.05) is 0 Å². The molecule has 1 atom stereocenters. The summed E-state index contributed by atoms with van der Waals surface area (Å²) in [5, 5.41) is 14.5. The zero-order chi connectivity index (χ0) is 16.9. The molecule has 128 valence electrons. The van der Waals surface area contributed by atoms with E-state index in [9.17, 15) is 14.7 Å². The molecule has 2 N–H and O–H groups in total. The molecule has 0 bridgehead atoms. The van der Waals surface area contributed by atoms with Crippen molar-refractivity contribution in [2.24, 2.45) is 0 Å². The number of thiophene rings is 1. The summed E-state index contributed by atoms with van der Waals surface area (Å²) in [5.74, 6) is 0.155. The molecule has 1 unspecified atom stereocenters. The van der Waals surface area contributed by atoms with Crippen LogP contribution >= 0.6 is 11.3 Å². The Morgan fingerprint density at radius 3 is 3.04 bits per heavy atom. The maximum atomic E-state index is 12.2. The number of aliphatic hydroxyl groups excluding tert-OH is 1. The molecular weight excluding hydrogens is 328 g/mol. The number of hydrogen-bond acceptors (Lipinski definition) is 5. The molecular formula is C17H20N2O4S. The van der Waals surface area contributed by atoms with E-state index in [0.29, 0.717) is 18.8 Å². The second-order valence-corrected chi connectivity index (χ2v) is 6.77. The first-order valence-corrected chi connectivity index (χ1v) is 8.82. The van der Waals surface area contributed by atoms with E-state index >= 15 is 0 Å². The number of nitrogens with zero attached hydrogens (tertiary/aromatic N) is 1. The molecule has 3 rings (SSSR count). The van der Waals surface area contributed by atoms with E-state index in [1.54, 1.807) is 28.4 Å². The van der Waals surface area contributed by atoms with E-state index in [2.05, 4.69) is 16.8 Å². The third-order valence-electron chi connectivity index (χ3n) is 4.09. The summed E-state index contributed by atoms with van der Waals surface area (Å²) in [7, 11) is 0. The Morgan fingerprint density at radius 1 is 1.38 bits per heavy atom. The molecule has 2 aromatic heterocycles. The summed E-state index contributed by atoms with van der Waals surface area (Å²) in [4.78, 5) is 27.2. The molecule has 6 nitrogen and oxygen atoms in total. The molecule has 0 aliphatic carbocycles. The fourth-order valence-electron chi connectivity index (χ4n) is 2.72. The average Bonchev–Trinajstić information content (AvgIpc) is 3.27. The fourth-order valence-corrected chi connectivity index (χ4v) is 3.61. The van der Waals surface area contributed by atoms with Gasteiger partial charge in [0.2, 0.25) is 11.8 Å². The third kappa shape index (κ3) is 4.04. The van der Waals surface area contributed by atoms with Crippen molar-refractivity contribution in [2.45, 2.75) is 31.9 Å². The first-order chi connectivity index (χ1) is 11.6. The number of rotatable bonds is 6. The summed E-state index contributed by atoms with van der Waals surface area (Å²) in [6.07, 6.45) is 1.79. The molecule has 0 radical (unpaired) electrons. The lowest BCUT2D eigenvalue weighted by Gasteiger charge is -2.27. The molecule has 0 saturated heterocycles. The Labute approximate surface area is 144 Å². The largest absolute Gasteiger partial charge is 0.467 e. The quantitative estimate of drug-likeness (QED) is 0.835. The van der Waals surface area contributed by atoms with Crippen LogP contribution in [-0.2, 0) is 22.6 Å². The number of amides is 2. The van der Waals surface area contributed by atoms with E-state index in [1.807, 2.05) is 0 Å². The minimum absolute atomic E-state index is 0.00594. The average molecular weight is 348 g/mol. The molecule has 1 aliphatic heterocycles. The molecule has 0 spiro atoms. The highest BCUT2D eigenvalue weighted by Crippen LogP contribution is 2.24. The Kier molecular flexibility index (Phi) is 5.32. The number of nitrogens with one attached hydrogen (secondary N) is 1. The van der Waals surface area contributed by atoms with Gasteiger partial charge in [-0.2, -0.15) is 0 Å². The van der Waals surface area contributed by atoms with Gasteiger partial charge in [-0.25, -0.2) is 0 Å². The Morgan fingerprint density at radius 2 is 2.25 bits per heavy atom. The van der Waals surface area contributed by atoms with E-state index in [0.717, 1.165) is 6.42 Å². The Bertz CT molecular complexity index is 695. The molecule has 0 fully saturated rings. The zero-order valence-corrected chi connectivity index (χ0v) is 14.1. The van der Waals surface area contributed by atoms with Crippen molar-refractivity contribution in [1.82, 2.24) is 10.2 Å². The molecule has 0 aromatic carbocycles. The SMILES string of the molecule is O=C(CCC(=O)N1CCc2sccc2C1)NCC(O)c1ccco1. The second kappa shape index (κ2) is 7.63. The van der Waals surface area contributed by atoms with Gasteiger partial charge in [-0.05, 0) is 35.6 Å². The fraction of sp³-hybridized carbons (Fsp3) is 0.412. The van der Waals surface area contributed by atoms with Crippen molar-refractivity contribution in [3.05, 3.63) is 46.0 Å². The standard InChI is InChI=1S/C17H20N2O4S/c20-13(14-2-1-8-23-14)10-18-16(21)3-4-17(22)19-7-5-15-12(11-19)6-9-24-15/h1-2,6,8-9,13,20H,3-5,7,10-11H2,(H,18,21). The predicted molar refractivity (Wildman–Crippen MR) is 89.4 cm³/mol. The minimum Gasteiger partial charge on any atom is -0.467 e. The van der Waals surface area contributed by atoms with Gasteiger partial charge >= 0.3 is 0 Å². The number of hydrogen-bond donors (Lipinski definition) is 2. The van der Waals surface area contributed by atoms with Gasteiger partial charge in [-0.3, -0.25) is 9.59 Å². The summed E-state index contributed by atoms with van der Waals surface area (Å²) in [6.45, 7) is 1.42. The summed E-state index contributed by atoms with van der Waals surface area (Å²) in [6, 6.07) is 5.38. The van der Waals surface area contributed by atoms with Gasteiger partial charge in [0.25, 0.3) is 0 Å². The first kappa shape index (κ1) is 16.7. The van der Waals surface area contributed by atoms with Crippen LogP contribution in [0.1, 0.15) is 35.1 Å². The van der Waals surface area contributed by atoms with Gasteiger partial charge in [0.1, 0.15) is 11.9 Å². The zero-order valence-electron chi connectivity index (χ0n) is 13.2. The molecule has 2 aromatic rings. The number of carbonyl (C=O) groups is 2. The van der Waals surface area contributed by atoms with E-state index in [-0.39, 0.29) is 31.2 Å². The Hall–Kier alpha value is -2.12. The molecule has 24 heavy (non-hydrogen) atoms. The van der Waals surface area contributed by atoms with Crippen molar-refractivity contribution in [2.75, 3.05) is 13.1 Å². The van der Waals surface area contributed by atoms with Crippen molar-refractivity contribution in [3.63, 3.8) is 0 Å². The van der Waals surface area contributed by atoms with Crippen molar-refractivity contribution in [3.8, 4) is 0 Å². The van der Waals surface area contributed by atoms with Gasteiger partial charge in [-0.15, -0.1) is 11.3 Å². The van der Waals surface area contributed by atoms with Crippen molar-refractivity contribution < 1.29 is 19.1 Å². The van der Waals surface area contributed by atoms with Gasteiger partial charge in [0.05, 0.1) is 12.8 Å². The number of fused-ring (bicyclic) bond motifs is 1. The van der Waals surface area contributed by atoms with Crippen LogP contribution in [0.15, 0.2) is 34.3 Å². The highest BCUT2D eigenvalue weighted by Gasteiger charge is 2.22. The summed E-state index contributed by atoms with van der Waals surface area (Å²) >= 11 is 1.73. The van der Waals surface area contributed by atoms with Crippen molar-refractivity contribution in [1.29, 1.82) is 0 Å². The van der Waals surface area contributed by atoms with Gasteiger partial charge in [0, 0.05) is 30.8 Å². The maximum Gasteiger partial charge on any atom is 0.223 e. The lowest BCUT2D eigenvalue weighted by molar-refractivity contribution is -0.134. The summed E-state index contributed by atoms with van der Waals surface area (Å²) < 4.78 is 5.07. The normalized spacial score (nSPS) is 15.0. The smallest absolute Gasteiger partial charge is 0.223 e. The highest BCUT2D eigenvalue weighted by atomic mass is 32.1.